The van der Waals surface area contributed by atoms with Crippen LogP contribution in [0.5, 0.6) is 0 Å². The van der Waals surface area contributed by atoms with E-state index in [2.05, 4.69) is 15.6 Å². The number of hydrogen-bond acceptors (Lipinski definition) is 2. The Morgan fingerprint density at radius 1 is 0.931 bits per heavy atom. The number of carbonyl (C=O) groups is 1. The fourth-order valence-corrected chi connectivity index (χ4v) is 2.75. The number of hydrogen-bond donors (Lipinski definition) is 2. The molecular weight excluding hydrogens is 482 g/mol. The number of halogens is 2. The maximum absolute atomic E-state index is 13.0. The molecule has 0 unspecified atom stereocenters. The molecule has 0 aliphatic carbocycles. The fraction of sp³-hybridized carbons (Fsp3) is 0.364. The lowest BCUT2D eigenvalue weighted by Crippen LogP contribution is -2.36. The van der Waals surface area contributed by atoms with Crippen molar-refractivity contribution in [3.05, 3.63) is 71.0 Å². The van der Waals surface area contributed by atoms with Gasteiger partial charge in [0.05, 0.1) is 6.54 Å². The van der Waals surface area contributed by atoms with Gasteiger partial charge in [0, 0.05) is 31.7 Å². The molecule has 2 aromatic carbocycles. The molecule has 0 aliphatic heterocycles. The highest BCUT2D eigenvalue weighted by Crippen LogP contribution is 2.09. The smallest absolute Gasteiger partial charge is 0.253 e. The maximum atomic E-state index is 13.0. The second-order valence-electron chi connectivity index (χ2n) is 6.35. The highest BCUT2D eigenvalue weighted by atomic mass is 127. The van der Waals surface area contributed by atoms with E-state index in [0.29, 0.717) is 37.7 Å². The topological polar surface area (TPSA) is 56.7 Å². The summed E-state index contributed by atoms with van der Waals surface area (Å²) in [6.45, 7) is 9.16. The standard InChI is InChI=1S/C22H29FN4O.HI/c1-4-24-22(26-16-18-9-13-20(23)14-10-18)25-15-17-7-11-19(12-8-17)21(28)27(5-2)6-3;/h7-14H,4-6,15-16H2,1-3H3,(H2,24,25,26);1H. The second kappa shape index (κ2) is 13.1. The zero-order chi connectivity index (χ0) is 20.4. The zero-order valence-electron chi connectivity index (χ0n) is 17.2. The van der Waals surface area contributed by atoms with Crippen molar-refractivity contribution in [2.45, 2.75) is 33.9 Å². The van der Waals surface area contributed by atoms with E-state index in [1.165, 1.54) is 12.1 Å². The van der Waals surface area contributed by atoms with Gasteiger partial charge in [-0.05, 0) is 56.2 Å². The molecule has 158 valence electrons. The molecule has 0 aromatic heterocycles. The number of nitrogens with one attached hydrogen (secondary N) is 2. The first-order valence-corrected chi connectivity index (χ1v) is 9.72. The van der Waals surface area contributed by atoms with Crippen molar-refractivity contribution < 1.29 is 9.18 Å². The number of carbonyl (C=O) groups excluding carboxylic acids is 1. The minimum atomic E-state index is -0.243. The molecule has 0 atom stereocenters. The predicted octanol–water partition coefficient (Wildman–Crippen LogP) is 4.18. The van der Waals surface area contributed by atoms with E-state index in [1.54, 1.807) is 17.0 Å². The van der Waals surface area contributed by atoms with Gasteiger partial charge >= 0.3 is 0 Å². The first kappa shape index (κ1) is 24.9. The van der Waals surface area contributed by atoms with Gasteiger partial charge in [-0.1, -0.05) is 24.3 Å². The third-order valence-electron chi connectivity index (χ3n) is 4.39. The first-order chi connectivity index (χ1) is 13.6. The molecule has 0 bridgehead atoms. The molecular formula is C22H30FIN4O. The van der Waals surface area contributed by atoms with Gasteiger partial charge < -0.3 is 15.5 Å². The van der Waals surface area contributed by atoms with Gasteiger partial charge in [-0.2, -0.15) is 0 Å². The van der Waals surface area contributed by atoms with E-state index in [0.717, 1.165) is 17.7 Å². The Kier molecular flexibility index (Phi) is 11.3. The van der Waals surface area contributed by atoms with Crippen LogP contribution in [0.2, 0.25) is 0 Å². The number of benzene rings is 2. The molecule has 7 heteroatoms. The molecule has 2 rings (SSSR count). The van der Waals surface area contributed by atoms with Crippen molar-refractivity contribution in [2.75, 3.05) is 19.6 Å². The third kappa shape index (κ3) is 8.00. The molecule has 2 N–H and O–H groups in total. The Labute approximate surface area is 189 Å². The number of aliphatic imine (C=N–C) groups is 1. The van der Waals surface area contributed by atoms with Gasteiger partial charge in [0.25, 0.3) is 5.91 Å². The van der Waals surface area contributed by atoms with Crippen LogP contribution >= 0.6 is 24.0 Å². The predicted molar refractivity (Wildman–Crippen MR) is 127 cm³/mol. The third-order valence-corrected chi connectivity index (χ3v) is 4.39. The van der Waals surface area contributed by atoms with Gasteiger partial charge in [0.15, 0.2) is 5.96 Å². The van der Waals surface area contributed by atoms with Crippen LogP contribution in [-0.2, 0) is 13.1 Å². The largest absolute Gasteiger partial charge is 0.357 e. The molecule has 0 heterocycles. The molecule has 29 heavy (non-hydrogen) atoms. The summed E-state index contributed by atoms with van der Waals surface area (Å²) >= 11 is 0. The van der Waals surface area contributed by atoms with Crippen LogP contribution in [-0.4, -0.2) is 36.4 Å². The number of amides is 1. The molecule has 1 amide bonds. The van der Waals surface area contributed by atoms with Gasteiger partial charge in [-0.15, -0.1) is 24.0 Å². The molecule has 0 saturated heterocycles. The Balaban J connectivity index is 0.00000420. The van der Waals surface area contributed by atoms with Crippen molar-refractivity contribution in [3.8, 4) is 0 Å². The van der Waals surface area contributed by atoms with Gasteiger partial charge in [-0.25, -0.2) is 9.38 Å². The summed E-state index contributed by atoms with van der Waals surface area (Å²) in [6.07, 6.45) is 0. The lowest BCUT2D eigenvalue weighted by Gasteiger charge is -2.18. The highest BCUT2D eigenvalue weighted by Gasteiger charge is 2.11. The van der Waals surface area contributed by atoms with E-state index in [4.69, 9.17) is 0 Å². The minimum absolute atomic E-state index is 0. The van der Waals surface area contributed by atoms with E-state index in [-0.39, 0.29) is 35.7 Å². The van der Waals surface area contributed by atoms with Crippen LogP contribution in [0.4, 0.5) is 4.39 Å². The van der Waals surface area contributed by atoms with Crippen molar-refractivity contribution in [1.29, 1.82) is 0 Å². The highest BCUT2D eigenvalue weighted by molar-refractivity contribution is 14.0. The Morgan fingerprint density at radius 2 is 1.52 bits per heavy atom. The van der Waals surface area contributed by atoms with Crippen LogP contribution in [0.25, 0.3) is 0 Å². The molecule has 2 aromatic rings. The Bertz CT molecular complexity index is 774. The average molecular weight is 512 g/mol. The van der Waals surface area contributed by atoms with Crippen molar-refractivity contribution in [3.63, 3.8) is 0 Å². The second-order valence-corrected chi connectivity index (χ2v) is 6.35. The minimum Gasteiger partial charge on any atom is -0.357 e. The van der Waals surface area contributed by atoms with Gasteiger partial charge in [-0.3, -0.25) is 4.79 Å². The molecule has 0 saturated carbocycles. The van der Waals surface area contributed by atoms with E-state index in [9.17, 15) is 9.18 Å². The molecule has 5 nitrogen and oxygen atoms in total. The van der Waals surface area contributed by atoms with Crippen LogP contribution in [0.15, 0.2) is 53.5 Å². The number of rotatable bonds is 8. The van der Waals surface area contributed by atoms with E-state index < -0.39 is 0 Å². The lowest BCUT2D eigenvalue weighted by atomic mass is 10.1. The Hall–Kier alpha value is -2.16. The molecule has 0 spiro atoms. The van der Waals surface area contributed by atoms with Crippen LogP contribution in [0.3, 0.4) is 0 Å². The Morgan fingerprint density at radius 3 is 2.07 bits per heavy atom. The normalized spacial score (nSPS) is 10.8. The SMILES string of the molecule is CCNC(=NCc1ccc(C(=O)N(CC)CC)cc1)NCc1ccc(F)cc1.I. The van der Waals surface area contributed by atoms with Crippen molar-refractivity contribution >= 4 is 35.8 Å². The average Bonchev–Trinajstić information content (AvgIpc) is 2.72. The summed E-state index contributed by atoms with van der Waals surface area (Å²) in [4.78, 5) is 18.8. The molecule has 0 aliphatic rings. The maximum Gasteiger partial charge on any atom is 0.253 e. The zero-order valence-corrected chi connectivity index (χ0v) is 19.6. The first-order valence-electron chi connectivity index (χ1n) is 9.72. The van der Waals surface area contributed by atoms with Crippen LogP contribution < -0.4 is 10.6 Å². The summed E-state index contributed by atoms with van der Waals surface area (Å²) < 4.78 is 13.0. The quantitative estimate of drug-likeness (QED) is 0.317. The summed E-state index contributed by atoms with van der Waals surface area (Å²) in [5, 5.41) is 6.44. The van der Waals surface area contributed by atoms with Gasteiger partial charge in [0.2, 0.25) is 0 Å². The summed E-state index contributed by atoms with van der Waals surface area (Å²) in [5.41, 5.74) is 2.69. The molecule has 0 fully saturated rings. The van der Waals surface area contributed by atoms with Crippen LogP contribution in [0.1, 0.15) is 42.3 Å². The fourth-order valence-electron chi connectivity index (χ4n) is 2.75. The van der Waals surface area contributed by atoms with Crippen LogP contribution in [0, 0.1) is 5.82 Å². The summed E-state index contributed by atoms with van der Waals surface area (Å²) in [6, 6.07) is 14.0. The van der Waals surface area contributed by atoms with Crippen molar-refractivity contribution in [1.82, 2.24) is 15.5 Å². The number of guanidine groups is 1. The lowest BCUT2D eigenvalue weighted by molar-refractivity contribution is 0.0773. The van der Waals surface area contributed by atoms with E-state index in [1.807, 2.05) is 45.0 Å². The van der Waals surface area contributed by atoms with E-state index >= 15 is 0 Å². The number of nitrogens with zero attached hydrogens (tertiary/aromatic N) is 2. The van der Waals surface area contributed by atoms with Gasteiger partial charge in [0.1, 0.15) is 5.82 Å². The monoisotopic (exact) mass is 512 g/mol. The molecule has 0 radical (unpaired) electrons. The van der Waals surface area contributed by atoms with Crippen molar-refractivity contribution in [2.24, 2.45) is 4.99 Å². The summed E-state index contributed by atoms with van der Waals surface area (Å²) in [5.74, 6) is 0.497. The summed E-state index contributed by atoms with van der Waals surface area (Å²) in [7, 11) is 0.